The van der Waals surface area contributed by atoms with E-state index in [1.165, 1.54) is 11.1 Å². The van der Waals surface area contributed by atoms with Gasteiger partial charge >= 0.3 is 7.69 Å². The lowest BCUT2D eigenvalue weighted by molar-refractivity contribution is 0.331. The first-order chi connectivity index (χ1) is 9.76. The van der Waals surface area contributed by atoms with Crippen molar-refractivity contribution in [3.8, 4) is 0 Å². The smallest absolute Gasteiger partial charge is 0.429 e. The second-order valence-corrected chi connectivity index (χ2v) is 4.57. The van der Waals surface area contributed by atoms with E-state index in [0.29, 0.717) is 0 Å². The highest BCUT2D eigenvalue weighted by Crippen LogP contribution is 2.05. The van der Waals surface area contributed by atoms with Crippen molar-refractivity contribution in [3.05, 3.63) is 71.8 Å². The standard InChI is InChI=1S/C16H19N.BH2O2.ClH/c1-17(14-16-10-6-3-7-11-16)13-12-15-8-4-2-5-9-15;2-1-3;/h2-11H,12-14H2,1H3;2-3H;1H. The van der Waals surface area contributed by atoms with Crippen LogP contribution < -0.4 is 0 Å². The molecule has 2 aromatic rings. The highest BCUT2D eigenvalue weighted by molar-refractivity contribution is 6.13. The number of halogens is 1. The van der Waals surface area contributed by atoms with Crippen LogP contribution in [0, 0.1) is 0 Å². The van der Waals surface area contributed by atoms with E-state index in [4.69, 9.17) is 10.0 Å². The maximum Gasteiger partial charge on any atom is 0.482 e. The van der Waals surface area contributed by atoms with Gasteiger partial charge in [0, 0.05) is 13.1 Å². The molecule has 0 bridgehead atoms. The van der Waals surface area contributed by atoms with Crippen LogP contribution in [-0.4, -0.2) is 36.2 Å². The molecule has 1 radical (unpaired) electrons. The Labute approximate surface area is 134 Å². The summed E-state index contributed by atoms with van der Waals surface area (Å²) in [6.07, 6.45) is 1.12. The number of benzene rings is 2. The molecule has 2 N–H and O–H groups in total. The van der Waals surface area contributed by atoms with E-state index in [0.717, 1.165) is 19.5 Å². The molecule has 0 saturated carbocycles. The molecule has 2 rings (SSSR count). The van der Waals surface area contributed by atoms with Gasteiger partial charge in [0.1, 0.15) is 0 Å². The normalized spacial score (nSPS) is 9.33. The van der Waals surface area contributed by atoms with Crippen LogP contribution in [0.1, 0.15) is 11.1 Å². The Balaban J connectivity index is 0.000000922. The number of likely N-dealkylation sites (N-methyl/N-ethyl adjacent to an activating group) is 1. The minimum absolute atomic E-state index is 0. The summed E-state index contributed by atoms with van der Waals surface area (Å²) in [5.74, 6) is 0. The molecule has 3 nitrogen and oxygen atoms in total. The predicted octanol–water partition coefficient (Wildman–Crippen LogP) is 2.29. The van der Waals surface area contributed by atoms with Crippen LogP contribution in [0.4, 0.5) is 0 Å². The van der Waals surface area contributed by atoms with Gasteiger partial charge in [-0.1, -0.05) is 60.7 Å². The molecule has 5 heteroatoms. The molecule has 0 heterocycles. The Morgan fingerprint density at radius 2 is 1.29 bits per heavy atom. The zero-order valence-electron chi connectivity index (χ0n) is 12.2. The fourth-order valence-electron chi connectivity index (χ4n) is 1.94. The van der Waals surface area contributed by atoms with E-state index in [-0.39, 0.29) is 20.1 Å². The molecule has 0 unspecified atom stereocenters. The van der Waals surface area contributed by atoms with Crippen molar-refractivity contribution in [1.82, 2.24) is 4.90 Å². The minimum atomic E-state index is 0. The lowest BCUT2D eigenvalue weighted by atomic mass is 10.1. The number of rotatable bonds is 5. The van der Waals surface area contributed by atoms with Gasteiger partial charge in [-0.2, -0.15) is 0 Å². The van der Waals surface area contributed by atoms with Crippen molar-refractivity contribution >= 4 is 20.1 Å². The molecular weight excluding hydrogens is 284 g/mol. The monoisotopic (exact) mass is 306 g/mol. The SMILES string of the molecule is CN(CCc1ccccc1)Cc1ccccc1.Cl.O[B]O. The van der Waals surface area contributed by atoms with Gasteiger partial charge in [0.25, 0.3) is 0 Å². The van der Waals surface area contributed by atoms with Gasteiger partial charge in [-0.25, -0.2) is 0 Å². The van der Waals surface area contributed by atoms with Crippen LogP contribution in [0.25, 0.3) is 0 Å². The van der Waals surface area contributed by atoms with E-state index in [9.17, 15) is 0 Å². The molecule has 0 saturated heterocycles. The van der Waals surface area contributed by atoms with E-state index < -0.39 is 0 Å². The second-order valence-electron chi connectivity index (χ2n) is 4.57. The summed E-state index contributed by atoms with van der Waals surface area (Å²) in [7, 11) is 2.18. The van der Waals surface area contributed by atoms with E-state index in [1.807, 2.05) is 0 Å². The van der Waals surface area contributed by atoms with Gasteiger partial charge in [0.15, 0.2) is 0 Å². The third-order valence-corrected chi connectivity index (χ3v) is 2.92. The summed E-state index contributed by atoms with van der Waals surface area (Å²) in [5, 5.41) is 14.0. The summed E-state index contributed by atoms with van der Waals surface area (Å²) < 4.78 is 0. The van der Waals surface area contributed by atoms with Gasteiger partial charge in [0.2, 0.25) is 0 Å². The Morgan fingerprint density at radius 3 is 1.76 bits per heavy atom. The van der Waals surface area contributed by atoms with Crippen molar-refractivity contribution in [2.45, 2.75) is 13.0 Å². The highest BCUT2D eigenvalue weighted by atomic mass is 35.5. The van der Waals surface area contributed by atoms with Crippen LogP contribution in [0.2, 0.25) is 0 Å². The van der Waals surface area contributed by atoms with Gasteiger partial charge in [-0.15, -0.1) is 12.4 Å². The molecule has 0 atom stereocenters. The average molecular weight is 307 g/mol. The summed E-state index contributed by atoms with van der Waals surface area (Å²) >= 11 is 0. The largest absolute Gasteiger partial charge is 0.482 e. The van der Waals surface area contributed by atoms with E-state index >= 15 is 0 Å². The molecule has 0 amide bonds. The maximum atomic E-state index is 7.00. The fraction of sp³-hybridized carbons (Fsp3) is 0.250. The van der Waals surface area contributed by atoms with Crippen molar-refractivity contribution in [3.63, 3.8) is 0 Å². The Bertz CT molecular complexity index is 456. The second kappa shape index (κ2) is 12.4. The number of hydrogen-bond donors (Lipinski definition) is 2. The van der Waals surface area contributed by atoms with E-state index in [2.05, 4.69) is 72.6 Å². The van der Waals surface area contributed by atoms with Crippen LogP contribution >= 0.6 is 12.4 Å². The van der Waals surface area contributed by atoms with E-state index in [1.54, 1.807) is 0 Å². The van der Waals surface area contributed by atoms with Gasteiger partial charge < -0.3 is 14.9 Å². The Kier molecular flexibility index (Phi) is 11.6. The third-order valence-electron chi connectivity index (χ3n) is 2.92. The lowest BCUT2D eigenvalue weighted by Gasteiger charge is -2.16. The summed E-state index contributed by atoms with van der Waals surface area (Å²) in [6.45, 7) is 2.12. The third kappa shape index (κ3) is 9.26. The molecule has 0 aliphatic carbocycles. The van der Waals surface area contributed by atoms with Crippen molar-refractivity contribution in [1.29, 1.82) is 0 Å². The first-order valence-electron chi connectivity index (χ1n) is 6.62. The molecular formula is C16H22BClNO2. The summed E-state index contributed by atoms with van der Waals surface area (Å²) in [5.41, 5.74) is 2.79. The molecule has 21 heavy (non-hydrogen) atoms. The van der Waals surface area contributed by atoms with Gasteiger partial charge in [-0.05, 0) is 24.6 Å². The topological polar surface area (TPSA) is 43.7 Å². The minimum Gasteiger partial charge on any atom is -0.429 e. The summed E-state index contributed by atoms with van der Waals surface area (Å²) in [6, 6.07) is 21.3. The molecule has 0 aliphatic heterocycles. The molecule has 0 spiro atoms. The van der Waals surface area contributed by atoms with Crippen molar-refractivity contribution < 1.29 is 10.0 Å². The zero-order chi connectivity index (χ0) is 14.6. The first kappa shape index (κ1) is 19.7. The van der Waals surface area contributed by atoms with Crippen molar-refractivity contribution in [2.75, 3.05) is 13.6 Å². The van der Waals surface area contributed by atoms with Crippen LogP contribution in [0.15, 0.2) is 60.7 Å². The van der Waals surface area contributed by atoms with Gasteiger partial charge in [0.05, 0.1) is 0 Å². The fourth-order valence-corrected chi connectivity index (χ4v) is 1.94. The molecule has 2 aromatic carbocycles. The van der Waals surface area contributed by atoms with Crippen LogP contribution in [0.5, 0.6) is 0 Å². The molecule has 0 aromatic heterocycles. The lowest BCUT2D eigenvalue weighted by Crippen LogP contribution is -2.20. The molecule has 0 fully saturated rings. The maximum absolute atomic E-state index is 7.00. The van der Waals surface area contributed by atoms with Crippen molar-refractivity contribution in [2.24, 2.45) is 0 Å². The summed E-state index contributed by atoms with van der Waals surface area (Å²) in [4.78, 5) is 2.36. The average Bonchev–Trinajstić information content (AvgIpc) is 2.48. The number of nitrogens with zero attached hydrogens (tertiary/aromatic N) is 1. The Morgan fingerprint density at radius 1 is 0.857 bits per heavy atom. The first-order valence-corrected chi connectivity index (χ1v) is 6.62. The molecule has 0 aliphatic rings. The van der Waals surface area contributed by atoms with Crippen LogP contribution in [0.3, 0.4) is 0 Å². The zero-order valence-corrected chi connectivity index (χ0v) is 13.0. The number of hydrogen-bond acceptors (Lipinski definition) is 3. The van der Waals surface area contributed by atoms with Gasteiger partial charge in [-0.3, -0.25) is 0 Å². The predicted molar refractivity (Wildman–Crippen MR) is 90.4 cm³/mol. The Hall–Kier alpha value is -1.33. The quantitative estimate of drug-likeness (QED) is 0.833. The van der Waals surface area contributed by atoms with Crippen LogP contribution in [-0.2, 0) is 13.0 Å². The highest BCUT2D eigenvalue weighted by Gasteiger charge is 2.00. The molecule has 113 valence electrons.